The number of ether oxygens (including phenoxy) is 1. The molecule has 0 spiro atoms. The van der Waals surface area contributed by atoms with Crippen molar-refractivity contribution in [3.63, 3.8) is 0 Å². The molecule has 6 heteroatoms. The lowest BCUT2D eigenvalue weighted by Crippen LogP contribution is -2.30. The van der Waals surface area contributed by atoms with Gasteiger partial charge in [-0.05, 0) is 61.0 Å². The second kappa shape index (κ2) is 9.76. The molecule has 3 rings (SSSR count). The molecule has 3 aromatic rings. The van der Waals surface area contributed by atoms with Crippen molar-refractivity contribution in [2.24, 2.45) is 0 Å². The summed E-state index contributed by atoms with van der Waals surface area (Å²) in [5.41, 5.74) is 2.74. The highest BCUT2D eigenvalue weighted by Crippen LogP contribution is 2.20. The van der Waals surface area contributed by atoms with Crippen LogP contribution in [0.4, 0.5) is 5.69 Å². The van der Waals surface area contributed by atoms with Crippen LogP contribution in [0, 0.1) is 6.92 Å². The lowest BCUT2D eigenvalue weighted by molar-refractivity contribution is -0.113. The molecule has 152 valence electrons. The first-order chi connectivity index (χ1) is 14.5. The number of rotatable bonds is 6. The molecule has 0 saturated carbocycles. The predicted molar refractivity (Wildman–Crippen MR) is 120 cm³/mol. The second-order valence-corrected chi connectivity index (χ2v) is 6.99. The van der Waals surface area contributed by atoms with E-state index in [9.17, 15) is 9.59 Å². The smallest absolute Gasteiger partial charge is 0.272 e. The Morgan fingerprint density at radius 3 is 2.23 bits per heavy atom. The molecule has 2 N–H and O–H groups in total. The number of aryl methyl sites for hydroxylation is 1. The van der Waals surface area contributed by atoms with Crippen LogP contribution in [0.2, 0.25) is 5.02 Å². The van der Waals surface area contributed by atoms with Crippen LogP contribution in [0.1, 0.15) is 21.5 Å². The fourth-order valence-corrected chi connectivity index (χ4v) is 2.87. The number of hydrogen-bond acceptors (Lipinski definition) is 3. The molecule has 5 nitrogen and oxygen atoms in total. The van der Waals surface area contributed by atoms with E-state index in [1.165, 1.54) is 0 Å². The number of halogens is 1. The number of nitrogens with one attached hydrogen (secondary N) is 2. The lowest BCUT2D eigenvalue weighted by atomic mass is 10.1. The van der Waals surface area contributed by atoms with Crippen LogP contribution in [-0.2, 0) is 4.79 Å². The van der Waals surface area contributed by atoms with Crippen LogP contribution in [0.15, 0.2) is 78.5 Å². The lowest BCUT2D eigenvalue weighted by Gasteiger charge is -2.12. The Bertz CT molecular complexity index is 1070. The van der Waals surface area contributed by atoms with E-state index >= 15 is 0 Å². The predicted octanol–water partition coefficient (Wildman–Crippen LogP) is 5.07. The molecule has 0 fully saturated rings. The van der Waals surface area contributed by atoms with E-state index in [2.05, 4.69) is 10.6 Å². The summed E-state index contributed by atoms with van der Waals surface area (Å²) in [7, 11) is 1.57. The van der Waals surface area contributed by atoms with Gasteiger partial charge in [0.2, 0.25) is 0 Å². The first-order valence-corrected chi connectivity index (χ1v) is 9.64. The van der Waals surface area contributed by atoms with E-state index in [0.717, 1.165) is 5.56 Å². The fourth-order valence-electron chi connectivity index (χ4n) is 2.68. The highest BCUT2D eigenvalue weighted by molar-refractivity contribution is 6.32. The van der Waals surface area contributed by atoms with Crippen LogP contribution >= 0.6 is 11.6 Å². The first-order valence-electron chi connectivity index (χ1n) is 9.26. The molecular formula is C24H21ClN2O3. The first kappa shape index (κ1) is 21.1. The Morgan fingerprint density at radius 1 is 0.933 bits per heavy atom. The SMILES string of the molecule is COc1ccc(NC(=O)C(=Cc2ccccc2Cl)NC(=O)c2ccc(C)cc2)cc1. The van der Waals surface area contributed by atoms with Crippen molar-refractivity contribution in [3.05, 3.63) is 100 Å². The van der Waals surface area contributed by atoms with Gasteiger partial charge in [0.1, 0.15) is 11.4 Å². The van der Waals surface area contributed by atoms with Crippen LogP contribution in [-0.4, -0.2) is 18.9 Å². The maximum absolute atomic E-state index is 12.9. The number of methoxy groups -OCH3 is 1. The minimum atomic E-state index is -0.472. The number of benzene rings is 3. The molecule has 0 radical (unpaired) electrons. The van der Waals surface area contributed by atoms with E-state index in [1.807, 2.05) is 19.1 Å². The standard InChI is InChI=1S/C24H21ClN2O3/c1-16-7-9-17(10-8-16)23(28)27-22(15-18-5-3-4-6-21(18)25)24(29)26-19-11-13-20(30-2)14-12-19/h3-15H,1-2H3,(H,26,29)(H,27,28). The molecule has 2 amide bonds. The molecule has 0 aliphatic carbocycles. The van der Waals surface area contributed by atoms with Crippen molar-refractivity contribution in [3.8, 4) is 5.75 Å². The summed E-state index contributed by atoms with van der Waals surface area (Å²) in [4.78, 5) is 25.6. The zero-order chi connectivity index (χ0) is 21.5. The topological polar surface area (TPSA) is 67.4 Å². The summed E-state index contributed by atoms with van der Waals surface area (Å²) in [5, 5.41) is 5.95. The Kier molecular flexibility index (Phi) is 6.88. The molecule has 0 bridgehead atoms. The fraction of sp³-hybridized carbons (Fsp3) is 0.0833. The van der Waals surface area contributed by atoms with Crippen molar-refractivity contribution < 1.29 is 14.3 Å². The third kappa shape index (κ3) is 5.49. The minimum absolute atomic E-state index is 0.0736. The van der Waals surface area contributed by atoms with Gasteiger partial charge in [-0.3, -0.25) is 9.59 Å². The molecule has 0 saturated heterocycles. The molecule has 30 heavy (non-hydrogen) atoms. The van der Waals surface area contributed by atoms with Crippen LogP contribution in [0.25, 0.3) is 6.08 Å². The molecule has 3 aromatic carbocycles. The second-order valence-electron chi connectivity index (χ2n) is 6.58. The van der Waals surface area contributed by atoms with E-state index < -0.39 is 11.8 Å². The van der Waals surface area contributed by atoms with Crippen molar-refractivity contribution in [2.45, 2.75) is 6.92 Å². The number of anilines is 1. The van der Waals surface area contributed by atoms with Gasteiger partial charge in [-0.1, -0.05) is 47.5 Å². The van der Waals surface area contributed by atoms with E-state index in [-0.39, 0.29) is 5.70 Å². The van der Waals surface area contributed by atoms with Gasteiger partial charge < -0.3 is 15.4 Å². The van der Waals surface area contributed by atoms with Crippen molar-refractivity contribution >= 4 is 35.2 Å². The number of carbonyl (C=O) groups excluding carboxylic acids is 2. The Hall–Kier alpha value is -3.57. The van der Waals surface area contributed by atoms with Gasteiger partial charge in [0.25, 0.3) is 11.8 Å². The summed E-state index contributed by atoms with van der Waals surface area (Å²) in [6.07, 6.45) is 1.55. The number of amides is 2. The average molecular weight is 421 g/mol. The number of hydrogen-bond donors (Lipinski definition) is 2. The van der Waals surface area contributed by atoms with Gasteiger partial charge in [-0.15, -0.1) is 0 Å². The van der Waals surface area contributed by atoms with Gasteiger partial charge >= 0.3 is 0 Å². The van der Waals surface area contributed by atoms with E-state index in [1.54, 1.807) is 73.8 Å². The van der Waals surface area contributed by atoms with Gasteiger partial charge in [0, 0.05) is 16.3 Å². The van der Waals surface area contributed by atoms with Gasteiger partial charge in [0.05, 0.1) is 7.11 Å². The molecular weight excluding hydrogens is 400 g/mol. The Balaban J connectivity index is 1.88. The Morgan fingerprint density at radius 2 is 1.60 bits per heavy atom. The summed E-state index contributed by atoms with van der Waals surface area (Å²) in [6.45, 7) is 1.94. The molecule has 0 aliphatic heterocycles. The maximum Gasteiger partial charge on any atom is 0.272 e. The molecule has 0 aromatic heterocycles. The highest BCUT2D eigenvalue weighted by Gasteiger charge is 2.16. The van der Waals surface area contributed by atoms with Crippen LogP contribution < -0.4 is 15.4 Å². The van der Waals surface area contributed by atoms with E-state index in [4.69, 9.17) is 16.3 Å². The van der Waals surface area contributed by atoms with Gasteiger partial charge in [-0.2, -0.15) is 0 Å². The van der Waals surface area contributed by atoms with Crippen LogP contribution in [0.5, 0.6) is 5.75 Å². The number of carbonyl (C=O) groups is 2. The quantitative estimate of drug-likeness (QED) is 0.547. The normalized spacial score (nSPS) is 11.0. The Labute approximate surface area is 180 Å². The van der Waals surface area contributed by atoms with Crippen molar-refractivity contribution in [2.75, 3.05) is 12.4 Å². The zero-order valence-corrected chi connectivity index (χ0v) is 17.4. The van der Waals surface area contributed by atoms with Crippen molar-refractivity contribution in [1.82, 2.24) is 5.32 Å². The average Bonchev–Trinajstić information content (AvgIpc) is 2.75. The summed E-state index contributed by atoms with van der Waals surface area (Å²) in [6, 6.07) is 21.1. The summed E-state index contributed by atoms with van der Waals surface area (Å²) < 4.78 is 5.13. The van der Waals surface area contributed by atoms with Gasteiger partial charge in [-0.25, -0.2) is 0 Å². The van der Waals surface area contributed by atoms with E-state index in [0.29, 0.717) is 27.6 Å². The minimum Gasteiger partial charge on any atom is -0.497 e. The molecule has 0 aliphatic rings. The zero-order valence-electron chi connectivity index (χ0n) is 16.6. The third-order valence-corrected chi connectivity index (χ3v) is 4.70. The maximum atomic E-state index is 12.9. The molecule has 0 atom stereocenters. The monoisotopic (exact) mass is 420 g/mol. The van der Waals surface area contributed by atoms with Crippen molar-refractivity contribution in [1.29, 1.82) is 0 Å². The van der Waals surface area contributed by atoms with Gasteiger partial charge in [0.15, 0.2) is 0 Å². The molecule has 0 heterocycles. The highest BCUT2D eigenvalue weighted by atomic mass is 35.5. The molecule has 0 unspecified atom stereocenters. The summed E-state index contributed by atoms with van der Waals surface area (Å²) in [5.74, 6) is -0.189. The van der Waals surface area contributed by atoms with Crippen LogP contribution in [0.3, 0.4) is 0 Å². The third-order valence-electron chi connectivity index (χ3n) is 4.36. The largest absolute Gasteiger partial charge is 0.497 e. The summed E-state index contributed by atoms with van der Waals surface area (Å²) >= 11 is 6.23.